The minimum atomic E-state index is 0.0996. The van der Waals surface area contributed by atoms with E-state index >= 15 is 0 Å². The van der Waals surface area contributed by atoms with E-state index in [-0.39, 0.29) is 11.8 Å². The van der Waals surface area contributed by atoms with Gasteiger partial charge in [-0.1, -0.05) is 35.9 Å². The smallest absolute Gasteiger partial charge is 0.224 e. The molecule has 1 saturated heterocycles. The van der Waals surface area contributed by atoms with Gasteiger partial charge in [0, 0.05) is 44.1 Å². The zero-order valence-corrected chi connectivity index (χ0v) is 16.9. The SMILES string of the molecule is Cc1ccc(N2CCCC(C(=O)NCCCN3CCc4ccccc43)C2)cc1. The van der Waals surface area contributed by atoms with E-state index in [2.05, 4.69) is 70.6 Å². The minimum Gasteiger partial charge on any atom is -0.371 e. The highest BCUT2D eigenvalue weighted by molar-refractivity contribution is 5.79. The van der Waals surface area contributed by atoms with Gasteiger partial charge >= 0.3 is 0 Å². The number of aryl methyl sites for hydroxylation is 1. The van der Waals surface area contributed by atoms with Crippen LogP contribution in [0, 0.1) is 12.8 Å². The van der Waals surface area contributed by atoms with Gasteiger partial charge in [-0.3, -0.25) is 4.79 Å². The van der Waals surface area contributed by atoms with Crippen LogP contribution in [0.3, 0.4) is 0 Å². The monoisotopic (exact) mass is 377 g/mol. The molecule has 2 aliphatic heterocycles. The van der Waals surface area contributed by atoms with Crippen molar-refractivity contribution in [1.29, 1.82) is 0 Å². The molecular weight excluding hydrogens is 346 g/mol. The van der Waals surface area contributed by atoms with Crippen LogP contribution in [0.25, 0.3) is 0 Å². The number of rotatable bonds is 6. The van der Waals surface area contributed by atoms with Crippen LogP contribution in [-0.4, -0.2) is 38.6 Å². The predicted molar refractivity (Wildman–Crippen MR) is 116 cm³/mol. The molecule has 0 aliphatic carbocycles. The van der Waals surface area contributed by atoms with Crippen LogP contribution in [0.1, 0.15) is 30.4 Å². The first-order valence-corrected chi connectivity index (χ1v) is 10.6. The Morgan fingerprint density at radius 1 is 1.11 bits per heavy atom. The first-order valence-electron chi connectivity index (χ1n) is 10.6. The largest absolute Gasteiger partial charge is 0.371 e. The number of nitrogens with one attached hydrogen (secondary N) is 1. The summed E-state index contributed by atoms with van der Waals surface area (Å²) in [6, 6.07) is 17.3. The van der Waals surface area contributed by atoms with E-state index < -0.39 is 0 Å². The number of carbonyl (C=O) groups excluding carboxylic acids is 1. The highest BCUT2D eigenvalue weighted by Crippen LogP contribution is 2.27. The maximum Gasteiger partial charge on any atom is 0.224 e. The van der Waals surface area contributed by atoms with Crippen LogP contribution in [0.4, 0.5) is 11.4 Å². The van der Waals surface area contributed by atoms with Crippen molar-refractivity contribution < 1.29 is 4.79 Å². The molecule has 4 heteroatoms. The van der Waals surface area contributed by atoms with Crippen molar-refractivity contribution in [3.8, 4) is 0 Å². The molecular formula is C24H31N3O. The van der Waals surface area contributed by atoms with Gasteiger partial charge in [0.25, 0.3) is 0 Å². The average molecular weight is 378 g/mol. The molecule has 4 nitrogen and oxygen atoms in total. The molecule has 1 fully saturated rings. The molecule has 2 heterocycles. The standard InChI is InChI=1S/C24H31N3O/c1-19-9-11-22(12-10-19)27-15-4-7-21(18-27)24(28)25-14-5-16-26-17-13-20-6-2-3-8-23(20)26/h2-3,6,8-12,21H,4-5,7,13-18H2,1H3,(H,25,28). The summed E-state index contributed by atoms with van der Waals surface area (Å²) in [7, 11) is 0. The fourth-order valence-corrected chi connectivity index (χ4v) is 4.45. The number of fused-ring (bicyclic) bond motifs is 1. The Labute approximate surface area is 168 Å². The summed E-state index contributed by atoms with van der Waals surface area (Å²) in [6.07, 6.45) is 4.21. The molecule has 0 spiro atoms. The van der Waals surface area contributed by atoms with Crippen molar-refractivity contribution in [2.75, 3.05) is 42.5 Å². The van der Waals surface area contributed by atoms with Crippen molar-refractivity contribution in [2.24, 2.45) is 5.92 Å². The summed E-state index contributed by atoms with van der Waals surface area (Å²) < 4.78 is 0. The van der Waals surface area contributed by atoms with Gasteiger partial charge in [0.15, 0.2) is 0 Å². The van der Waals surface area contributed by atoms with Crippen LogP contribution in [-0.2, 0) is 11.2 Å². The van der Waals surface area contributed by atoms with Crippen molar-refractivity contribution in [3.63, 3.8) is 0 Å². The van der Waals surface area contributed by atoms with E-state index in [1.54, 1.807) is 0 Å². The van der Waals surface area contributed by atoms with Crippen LogP contribution >= 0.6 is 0 Å². The summed E-state index contributed by atoms with van der Waals surface area (Å²) in [5.41, 5.74) is 5.33. The summed E-state index contributed by atoms with van der Waals surface area (Å²) in [5.74, 6) is 0.321. The second-order valence-electron chi connectivity index (χ2n) is 8.13. The zero-order chi connectivity index (χ0) is 19.3. The molecule has 0 bridgehead atoms. The molecule has 148 valence electrons. The topological polar surface area (TPSA) is 35.6 Å². The third-order valence-corrected chi connectivity index (χ3v) is 6.08. The van der Waals surface area contributed by atoms with E-state index in [0.717, 1.165) is 58.4 Å². The Morgan fingerprint density at radius 2 is 1.93 bits per heavy atom. The van der Waals surface area contributed by atoms with Gasteiger partial charge in [0.2, 0.25) is 5.91 Å². The van der Waals surface area contributed by atoms with Gasteiger partial charge in [-0.25, -0.2) is 0 Å². The van der Waals surface area contributed by atoms with Crippen LogP contribution in [0.15, 0.2) is 48.5 Å². The number of piperidine rings is 1. The van der Waals surface area contributed by atoms with Gasteiger partial charge < -0.3 is 15.1 Å². The third kappa shape index (κ3) is 4.32. The second-order valence-corrected chi connectivity index (χ2v) is 8.13. The van der Waals surface area contributed by atoms with Crippen molar-refractivity contribution in [2.45, 2.75) is 32.6 Å². The average Bonchev–Trinajstić information content (AvgIpc) is 3.15. The van der Waals surface area contributed by atoms with Crippen molar-refractivity contribution >= 4 is 17.3 Å². The Kier molecular flexibility index (Phi) is 5.84. The van der Waals surface area contributed by atoms with Gasteiger partial charge in [-0.2, -0.15) is 0 Å². The van der Waals surface area contributed by atoms with Crippen LogP contribution in [0.5, 0.6) is 0 Å². The molecule has 4 rings (SSSR count). The number of amides is 1. The first-order chi connectivity index (χ1) is 13.7. The Morgan fingerprint density at radius 3 is 2.79 bits per heavy atom. The number of benzene rings is 2. The molecule has 0 aromatic heterocycles. The fraction of sp³-hybridized carbons (Fsp3) is 0.458. The highest BCUT2D eigenvalue weighted by atomic mass is 16.1. The van der Waals surface area contributed by atoms with Crippen molar-refractivity contribution in [3.05, 3.63) is 59.7 Å². The summed E-state index contributed by atoms with van der Waals surface area (Å²) >= 11 is 0. The Hall–Kier alpha value is -2.49. The third-order valence-electron chi connectivity index (χ3n) is 6.08. The minimum absolute atomic E-state index is 0.0996. The van der Waals surface area contributed by atoms with Crippen LogP contribution < -0.4 is 15.1 Å². The van der Waals surface area contributed by atoms with E-state index in [1.807, 2.05) is 0 Å². The second kappa shape index (κ2) is 8.68. The summed E-state index contributed by atoms with van der Waals surface area (Å²) in [5, 5.41) is 3.19. The number of nitrogens with zero attached hydrogens (tertiary/aromatic N) is 2. The molecule has 0 radical (unpaired) electrons. The number of hydrogen-bond donors (Lipinski definition) is 1. The quantitative estimate of drug-likeness (QED) is 0.778. The predicted octanol–water partition coefficient (Wildman–Crippen LogP) is 3.78. The van der Waals surface area contributed by atoms with Crippen molar-refractivity contribution in [1.82, 2.24) is 5.32 Å². The molecule has 2 aromatic rings. The van der Waals surface area contributed by atoms with Gasteiger partial charge in [-0.15, -0.1) is 0 Å². The molecule has 2 aliphatic rings. The maximum absolute atomic E-state index is 12.7. The Balaban J connectivity index is 1.22. The lowest BCUT2D eigenvalue weighted by Crippen LogP contribution is -2.43. The maximum atomic E-state index is 12.7. The summed E-state index contributed by atoms with van der Waals surface area (Å²) in [4.78, 5) is 17.5. The molecule has 1 unspecified atom stereocenters. The normalized spacial score (nSPS) is 18.8. The van der Waals surface area contributed by atoms with Gasteiger partial charge in [-0.05, 0) is 56.4 Å². The molecule has 0 saturated carbocycles. The van der Waals surface area contributed by atoms with E-state index in [9.17, 15) is 4.79 Å². The molecule has 1 N–H and O–H groups in total. The number of para-hydroxylation sites is 1. The molecule has 28 heavy (non-hydrogen) atoms. The van der Waals surface area contributed by atoms with E-state index in [1.165, 1.54) is 22.5 Å². The number of anilines is 2. The number of hydrogen-bond acceptors (Lipinski definition) is 3. The molecule has 1 amide bonds. The molecule has 2 aromatic carbocycles. The van der Waals surface area contributed by atoms with E-state index in [0.29, 0.717) is 0 Å². The zero-order valence-electron chi connectivity index (χ0n) is 16.9. The van der Waals surface area contributed by atoms with Crippen LogP contribution in [0.2, 0.25) is 0 Å². The lowest BCUT2D eigenvalue weighted by atomic mass is 9.96. The molecule has 1 atom stereocenters. The lowest BCUT2D eigenvalue weighted by molar-refractivity contribution is -0.125. The Bertz CT molecular complexity index is 802. The lowest BCUT2D eigenvalue weighted by Gasteiger charge is -2.33. The summed E-state index contributed by atoms with van der Waals surface area (Å²) in [6.45, 7) is 6.85. The highest BCUT2D eigenvalue weighted by Gasteiger charge is 2.26. The number of carbonyl (C=O) groups is 1. The fourth-order valence-electron chi connectivity index (χ4n) is 4.45. The van der Waals surface area contributed by atoms with Gasteiger partial charge in [0.05, 0.1) is 5.92 Å². The van der Waals surface area contributed by atoms with Gasteiger partial charge in [0.1, 0.15) is 0 Å². The first kappa shape index (κ1) is 18.9. The van der Waals surface area contributed by atoms with E-state index in [4.69, 9.17) is 0 Å².